The summed E-state index contributed by atoms with van der Waals surface area (Å²) in [4.78, 5) is 6.80. The number of halogens is 6. The Morgan fingerprint density at radius 2 is 0.970 bits per heavy atom. The minimum atomic E-state index is -4.33. The van der Waals surface area contributed by atoms with Gasteiger partial charge in [0.2, 0.25) is 0 Å². The van der Waals surface area contributed by atoms with Gasteiger partial charge in [-0.05, 0) is 176 Å². The van der Waals surface area contributed by atoms with Crippen LogP contribution in [-0.2, 0) is 25.2 Å². The molecule has 6 aromatic carbocycles. The number of rotatable bonds is 9. The van der Waals surface area contributed by atoms with Crippen molar-refractivity contribution in [3.8, 4) is 28.3 Å². The van der Waals surface area contributed by atoms with E-state index in [9.17, 15) is 26.3 Å². The van der Waals surface area contributed by atoms with Gasteiger partial charge in [0.15, 0.2) is 0 Å². The van der Waals surface area contributed by atoms with Crippen LogP contribution < -0.4 is 15.5 Å². The Morgan fingerprint density at radius 1 is 0.597 bits per heavy atom. The molecule has 0 amide bonds. The standard InChI is InChI=1S/C24H21F3N2O.C23H17F3N2.C6H15N.CH5N/c25-24(26,27)20-8-3-16(4-9-20)18-7-12-23-19(14-18)2-1-13-29(23)21-10-5-17(6-11-21)22(28)15-30;24-23(25,26)20-8-5-17(6-9-20)18-7-12-22-19(14-18)2-1-13-28(22)21-10-3-16(15-27)4-11-21;1-4-7(5-2)6-3;1-2/h3-12,14,28,30H,1-2,13,15H2;3-12,14H,1-2,13H2;4-6H2,1-3H3;2H2,1H3. The van der Waals surface area contributed by atoms with Crippen LogP contribution >= 0.6 is 0 Å². The summed E-state index contributed by atoms with van der Waals surface area (Å²) in [5.41, 5.74) is 14.6. The second-order valence-corrected chi connectivity index (χ2v) is 15.8. The van der Waals surface area contributed by atoms with Crippen LogP contribution in [0.2, 0.25) is 0 Å². The summed E-state index contributed by atoms with van der Waals surface area (Å²) < 4.78 is 76.8. The van der Waals surface area contributed by atoms with Crippen molar-refractivity contribution in [1.82, 2.24) is 4.90 Å². The van der Waals surface area contributed by atoms with Gasteiger partial charge in [0, 0.05) is 35.8 Å². The number of nitrogens with one attached hydrogen (secondary N) is 1. The first kappa shape index (κ1) is 51.5. The largest absolute Gasteiger partial charge is 0.416 e. The van der Waals surface area contributed by atoms with Crippen LogP contribution in [0.25, 0.3) is 22.3 Å². The van der Waals surface area contributed by atoms with Gasteiger partial charge in [0.05, 0.1) is 35.1 Å². The maximum absolute atomic E-state index is 12.8. The average Bonchev–Trinajstić information content (AvgIpc) is 3.36. The predicted molar refractivity (Wildman–Crippen MR) is 260 cm³/mol. The van der Waals surface area contributed by atoms with Gasteiger partial charge in [-0.25, -0.2) is 0 Å². The van der Waals surface area contributed by atoms with Gasteiger partial charge in [0.25, 0.3) is 0 Å². The Labute approximate surface area is 390 Å². The third-order valence-corrected chi connectivity index (χ3v) is 11.8. The van der Waals surface area contributed by atoms with E-state index in [4.69, 9.17) is 15.8 Å². The van der Waals surface area contributed by atoms with Gasteiger partial charge >= 0.3 is 12.4 Å². The van der Waals surface area contributed by atoms with E-state index in [2.05, 4.69) is 59.4 Å². The number of aryl methyl sites for hydroxylation is 2. The number of anilines is 4. The van der Waals surface area contributed by atoms with Crippen molar-refractivity contribution in [2.75, 3.05) is 56.2 Å². The molecular formula is C54H58F6N6O. The molecule has 0 aliphatic carbocycles. The summed E-state index contributed by atoms with van der Waals surface area (Å²) in [6.07, 6.45) is -4.86. The first-order valence-electron chi connectivity index (χ1n) is 22.4. The highest BCUT2D eigenvalue weighted by molar-refractivity contribution is 5.99. The lowest BCUT2D eigenvalue weighted by Gasteiger charge is -2.32. The van der Waals surface area contributed by atoms with Crippen LogP contribution in [-0.4, -0.2) is 62.1 Å². The maximum atomic E-state index is 12.8. The molecule has 13 heteroatoms. The second kappa shape index (κ2) is 23.8. The molecule has 0 saturated carbocycles. The van der Waals surface area contributed by atoms with Crippen molar-refractivity contribution in [2.45, 2.75) is 58.8 Å². The summed E-state index contributed by atoms with van der Waals surface area (Å²) in [5.74, 6) is 0. The lowest BCUT2D eigenvalue weighted by molar-refractivity contribution is -0.138. The van der Waals surface area contributed by atoms with E-state index in [1.807, 2.05) is 60.7 Å². The zero-order valence-electron chi connectivity index (χ0n) is 38.4. The van der Waals surface area contributed by atoms with Gasteiger partial charge < -0.3 is 30.9 Å². The number of nitrogens with zero attached hydrogens (tertiary/aromatic N) is 4. The molecule has 0 spiro atoms. The van der Waals surface area contributed by atoms with Gasteiger partial charge in [-0.1, -0.05) is 69.3 Å². The maximum Gasteiger partial charge on any atom is 0.416 e. The topological polar surface area (TPSA) is 104 Å². The molecule has 352 valence electrons. The lowest BCUT2D eigenvalue weighted by atomic mass is 9.95. The summed E-state index contributed by atoms with van der Waals surface area (Å²) in [6.45, 7) is 11.6. The molecular weight excluding hydrogens is 863 g/mol. The van der Waals surface area contributed by atoms with E-state index in [-0.39, 0.29) is 12.3 Å². The van der Waals surface area contributed by atoms with Gasteiger partial charge in [-0.3, -0.25) is 0 Å². The Balaban J connectivity index is 0.000000213. The van der Waals surface area contributed by atoms with Crippen LogP contribution in [0.4, 0.5) is 49.1 Å². The molecule has 0 saturated heterocycles. The van der Waals surface area contributed by atoms with Crippen LogP contribution in [0, 0.1) is 16.7 Å². The monoisotopic (exact) mass is 920 g/mol. The van der Waals surface area contributed by atoms with E-state index < -0.39 is 23.5 Å². The van der Waals surface area contributed by atoms with Crippen molar-refractivity contribution >= 4 is 28.5 Å². The minimum Gasteiger partial charge on any atom is -0.390 e. The molecule has 7 nitrogen and oxygen atoms in total. The zero-order valence-corrected chi connectivity index (χ0v) is 38.4. The van der Waals surface area contributed by atoms with Crippen LogP contribution in [0.1, 0.15) is 67.0 Å². The molecule has 2 heterocycles. The number of aliphatic hydroxyl groups is 1. The highest BCUT2D eigenvalue weighted by atomic mass is 19.4. The zero-order chi connectivity index (χ0) is 48.7. The SMILES string of the molecule is CCN(CC)CC.CN.N#Cc1ccc(N2CCCc3cc(-c4ccc(C(F)(F)F)cc4)ccc32)cc1.N=C(CO)c1ccc(N2CCCc3cc(-c4ccc(C(F)(F)F)cc4)ccc32)cc1. The third-order valence-electron chi connectivity index (χ3n) is 11.8. The fraction of sp³-hybridized carbons (Fsp3) is 0.296. The van der Waals surface area contributed by atoms with Gasteiger partial charge in [-0.15, -0.1) is 0 Å². The van der Waals surface area contributed by atoms with E-state index in [1.54, 1.807) is 12.1 Å². The average molecular weight is 921 g/mol. The van der Waals surface area contributed by atoms with E-state index in [1.165, 1.54) is 56.5 Å². The third kappa shape index (κ3) is 13.3. The first-order valence-corrected chi connectivity index (χ1v) is 22.4. The van der Waals surface area contributed by atoms with Gasteiger partial charge in [0.1, 0.15) is 0 Å². The van der Waals surface area contributed by atoms with Crippen LogP contribution in [0.3, 0.4) is 0 Å². The number of nitriles is 1. The molecule has 4 N–H and O–H groups in total. The lowest BCUT2D eigenvalue weighted by Crippen LogP contribution is -2.24. The summed E-state index contributed by atoms with van der Waals surface area (Å²) in [5, 5.41) is 25.8. The predicted octanol–water partition coefficient (Wildman–Crippen LogP) is 13.1. The van der Waals surface area contributed by atoms with E-state index in [0.717, 1.165) is 114 Å². The smallest absolute Gasteiger partial charge is 0.390 e. The molecule has 0 unspecified atom stereocenters. The molecule has 67 heavy (non-hydrogen) atoms. The van der Waals surface area contributed by atoms with Crippen molar-refractivity contribution in [1.29, 1.82) is 10.7 Å². The molecule has 0 atom stereocenters. The van der Waals surface area contributed by atoms with Crippen molar-refractivity contribution in [3.63, 3.8) is 0 Å². The van der Waals surface area contributed by atoms with Crippen LogP contribution in [0.15, 0.2) is 133 Å². The molecule has 0 radical (unpaired) electrons. The van der Waals surface area contributed by atoms with E-state index in [0.29, 0.717) is 11.1 Å². The quantitative estimate of drug-likeness (QED) is 0.0986. The number of alkyl halides is 6. The molecule has 6 aromatic rings. The van der Waals surface area contributed by atoms with Crippen molar-refractivity contribution < 1.29 is 31.4 Å². The number of hydrogen-bond acceptors (Lipinski definition) is 7. The molecule has 0 bridgehead atoms. The highest BCUT2D eigenvalue weighted by Gasteiger charge is 2.31. The Hall–Kier alpha value is -6.46. The molecule has 2 aliphatic heterocycles. The first-order chi connectivity index (χ1) is 32.2. The summed E-state index contributed by atoms with van der Waals surface area (Å²) >= 11 is 0. The highest BCUT2D eigenvalue weighted by Crippen LogP contribution is 2.39. The fourth-order valence-corrected chi connectivity index (χ4v) is 8.11. The summed E-state index contributed by atoms with van der Waals surface area (Å²) in [7, 11) is 1.50. The normalized spacial score (nSPS) is 13.1. The number of aliphatic hydroxyl groups excluding tert-OH is 1. The second-order valence-electron chi connectivity index (χ2n) is 15.8. The minimum absolute atomic E-state index is 0.182. The Bertz CT molecular complexity index is 2540. The number of fused-ring (bicyclic) bond motifs is 2. The van der Waals surface area contributed by atoms with Crippen molar-refractivity contribution in [3.05, 3.63) is 167 Å². The Kier molecular flexibility index (Phi) is 18.3. The van der Waals surface area contributed by atoms with Crippen molar-refractivity contribution in [2.24, 2.45) is 5.73 Å². The number of hydrogen-bond donors (Lipinski definition) is 3. The van der Waals surface area contributed by atoms with Gasteiger partial charge in [-0.2, -0.15) is 31.6 Å². The molecule has 0 aromatic heterocycles. The number of benzene rings is 6. The number of nitrogens with two attached hydrogens (primary N) is 1. The molecule has 2 aliphatic rings. The van der Waals surface area contributed by atoms with E-state index >= 15 is 0 Å². The molecule has 0 fully saturated rings. The summed E-state index contributed by atoms with van der Waals surface area (Å²) in [6, 6.07) is 39.8. The molecule has 8 rings (SSSR count). The fourth-order valence-electron chi connectivity index (χ4n) is 8.11. The Morgan fingerprint density at radius 3 is 1.30 bits per heavy atom. The van der Waals surface area contributed by atoms with Crippen LogP contribution in [0.5, 0.6) is 0 Å².